The van der Waals surface area contributed by atoms with Gasteiger partial charge >= 0.3 is 0 Å². The normalized spacial score (nSPS) is 11.5. The number of primary amides is 1. The molecule has 0 saturated carbocycles. The molecule has 0 aliphatic heterocycles. The molecule has 5 heteroatoms. The van der Waals surface area contributed by atoms with E-state index < -0.39 is 5.91 Å². The predicted octanol–water partition coefficient (Wildman–Crippen LogP) is 2.85. The van der Waals surface area contributed by atoms with Gasteiger partial charge in [0.2, 0.25) is 5.91 Å². The van der Waals surface area contributed by atoms with Gasteiger partial charge in [-0.15, -0.1) is 0 Å². The molecule has 124 valence electrons. The zero-order chi connectivity index (χ0) is 17.7. The van der Waals surface area contributed by atoms with Crippen molar-refractivity contribution >= 4 is 18.0 Å². The van der Waals surface area contributed by atoms with Gasteiger partial charge in [0.15, 0.2) is 0 Å². The molecule has 3 N–H and O–H groups in total. The van der Waals surface area contributed by atoms with Gasteiger partial charge in [0.25, 0.3) is 5.91 Å². The van der Waals surface area contributed by atoms with Gasteiger partial charge < -0.3 is 5.73 Å². The molecular formula is C19H21N3O2. The summed E-state index contributed by atoms with van der Waals surface area (Å²) in [6, 6.07) is 14.1. The highest BCUT2D eigenvalue weighted by Gasteiger charge is 2.12. The van der Waals surface area contributed by atoms with Gasteiger partial charge in [-0.25, -0.2) is 5.43 Å². The van der Waals surface area contributed by atoms with E-state index in [1.807, 2.05) is 24.3 Å². The Bertz CT molecular complexity index is 755. The molecule has 0 radical (unpaired) electrons. The smallest absolute Gasteiger partial charge is 0.271 e. The van der Waals surface area contributed by atoms with Crippen LogP contribution in [0.2, 0.25) is 0 Å². The quantitative estimate of drug-likeness (QED) is 0.670. The van der Waals surface area contributed by atoms with Crippen LogP contribution in [0.5, 0.6) is 0 Å². The van der Waals surface area contributed by atoms with Crippen LogP contribution < -0.4 is 11.2 Å². The first-order chi connectivity index (χ1) is 11.3. The lowest BCUT2D eigenvalue weighted by molar-refractivity contribution is 0.0952. The minimum absolute atomic E-state index is 0.0982. The first kappa shape index (κ1) is 17.4. The van der Waals surface area contributed by atoms with Crippen molar-refractivity contribution in [3.63, 3.8) is 0 Å². The molecule has 5 nitrogen and oxygen atoms in total. The van der Waals surface area contributed by atoms with E-state index in [1.165, 1.54) is 29.8 Å². The van der Waals surface area contributed by atoms with E-state index in [0.29, 0.717) is 11.1 Å². The van der Waals surface area contributed by atoms with Crippen LogP contribution in [0.3, 0.4) is 0 Å². The number of hydrazone groups is 1. The summed E-state index contributed by atoms with van der Waals surface area (Å²) in [6.45, 7) is 6.46. The van der Waals surface area contributed by atoms with E-state index >= 15 is 0 Å². The largest absolute Gasteiger partial charge is 0.366 e. The zero-order valence-corrected chi connectivity index (χ0v) is 14.0. The number of carbonyl (C=O) groups is 2. The molecule has 0 spiro atoms. The number of amides is 2. The van der Waals surface area contributed by atoms with E-state index in [2.05, 4.69) is 31.3 Å². The van der Waals surface area contributed by atoms with Crippen molar-refractivity contribution < 1.29 is 9.59 Å². The molecular weight excluding hydrogens is 302 g/mol. The molecule has 0 aromatic heterocycles. The number of rotatable bonds is 4. The molecule has 0 unspecified atom stereocenters. The van der Waals surface area contributed by atoms with Crippen LogP contribution >= 0.6 is 0 Å². The van der Waals surface area contributed by atoms with Crippen molar-refractivity contribution in [2.75, 3.05) is 0 Å². The van der Waals surface area contributed by atoms with Gasteiger partial charge in [-0.1, -0.05) is 45.0 Å². The topological polar surface area (TPSA) is 84.6 Å². The Hall–Kier alpha value is -2.95. The number of nitrogens with zero attached hydrogens (tertiary/aromatic N) is 1. The van der Waals surface area contributed by atoms with Crippen molar-refractivity contribution in [2.24, 2.45) is 10.8 Å². The Morgan fingerprint density at radius 2 is 1.50 bits per heavy atom. The van der Waals surface area contributed by atoms with Gasteiger partial charge in [-0.3, -0.25) is 9.59 Å². The molecule has 2 amide bonds. The molecule has 24 heavy (non-hydrogen) atoms. The summed E-state index contributed by atoms with van der Waals surface area (Å²) in [5.41, 5.74) is 10.6. The lowest BCUT2D eigenvalue weighted by Crippen LogP contribution is -2.18. The van der Waals surface area contributed by atoms with Crippen molar-refractivity contribution in [2.45, 2.75) is 26.2 Å². The molecule has 0 fully saturated rings. The fourth-order valence-electron chi connectivity index (χ4n) is 2.09. The van der Waals surface area contributed by atoms with Gasteiger partial charge in [-0.05, 0) is 40.8 Å². The third kappa shape index (κ3) is 4.52. The van der Waals surface area contributed by atoms with E-state index in [0.717, 1.165) is 5.56 Å². The van der Waals surface area contributed by atoms with Crippen LogP contribution in [0.1, 0.15) is 52.6 Å². The average Bonchev–Trinajstić information content (AvgIpc) is 2.54. The van der Waals surface area contributed by atoms with Crippen LogP contribution in [-0.4, -0.2) is 18.0 Å². The molecule has 2 rings (SSSR count). The number of hydrogen-bond donors (Lipinski definition) is 2. The standard InChI is InChI=1S/C19H21N3O2/c1-19(2,3)16-10-4-13(5-11-16)12-21-22-18(24)15-8-6-14(7-9-15)17(20)23/h4-12H,1-3H3,(H2,20,23)(H,22,24)/b21-12+. The first-order valence-corrected chi connectivity index (χ1v) is 7.61. The van der Waals surface area contributed by atoms with Crippen LogP contribution in [0.15, 0.2) is 53.6 Å². The molecule has 0 aliphatic carbocycles. The number of benzene rings is 2. The molecule has 0 aliphatic rings. The summed E-state index contributed by atoms with van der Waals surface area (Å²) >= 11 is 0. The Kier molecular flexibility index (Phi) is 5.14. The van der Waals surface area contributed by atoms with E-state index in [-0.39, 0.29) is 11.3 Å². The van der Waals surface area contributed by atoms with Crippen LogP contribution in [-0.2, 0) is 5.41 Å². The van der Waals surface area contributed by atoms with E-state index in [9.17, 15) is 9.59 Å². The van der Waals surface area contributed by atoms with Gasteiger partial charge in [0, 0.05) is 11.1 Å². The predicted molar refractivity (Wildman–Crippen MR) is 95.2 cm³/mol. The second-order valence-electron chi connectivity index (χ2n) is 6.51. The molecule has 0 bridgehead atoms. The summed E-state index contributed by atoms with van der Waals surface area (Å²) in [6.07, 6.45) is 1.59. The third-order valence-electron chi connectivity index (χ3n) is 3.59. The molecule has 0 saturated heterocycles. The minimum Gasteiger partial charge on any atom is -0.366 e. The summed E-state index contributed by atoms with van der Waals surface area (Å²) in [4.78, 5) is 23.0. The minimum atomic E-state index is -0.529. The second kappa shape index (κ2) is 7.08. The first-order valence-electron chi connectivity index (χ1n) is 7.61. The zero-order valence-electron chi connectivity index (χ0n) is 14.0. The maximum absolute atomic E-state index is 12.0. The van der Waals surface area contributed by atoms with E-state index in [4.69, 9.17) is 5.73 Å². The Balaban J connectivity index is 1.98. The van der Waals surface area contributed by atoms with Crippen LogP contribution in [0, 0.1) is 0 Å². The van der Waals surface area contributed by atoms with E-state index in [1.54, 1.807) is 6.21 Å². The fraction of sp³-hybridized carbons (Fsp3) is 0.211. The number of nitrogens with two attached hydrogens (primary N) is 1. The highest BCUT2D eigenvalue weighted by atomic mass is 16.2. The molecule has 0 heterocycles. The number of carbonyl (C=O) groups excluding carboxylic acids is 2. The molecule has 2 aromatic carbocycles. The second-order valence-corrected chi connectivity index (χ2v) is 6.51. The van der Waals surface area contributed by atoms with Gasteiger partial charge in [0.05, 0.1) is 6.21 Å². The summed E-state index contributed by atoms with van der Waals surface area (Å²) in [5, 5.41) is 3.95. The number of hydrogen-bond acceptors (Lipinski definition) is 3. The highest BCUT2D eigenvalue weighted by molar-refractivity contribution is 5.97. The van der Waals surface area contributed by atoms with Crippen molar-refractivity contribution in [3.05, 3.63) is 70.8 Å². The summed E-state index contributed by atoms with van der Waals surface area (Å²) in [5.74, 6) is -0.882. The Morgan fingerprint density at radius 1 is 0.958 bits per heavy atom. The van der Waals surface area contributed by atoms with Gasteiger partial charge in [-0.2, -0.15) is 5.10 Å². The lowest BCUT2D eigenvalue weighted by Gasteiger charge is -2.18. The van der Waals surface area contributed by atoms with Crippen molar-refractivity contribution in [1.29, 1.82) is 0 Å². The highest BCUT2D eigenvalue weighted by Crippen LogP contribution is 2.21. The third-order valence-corrected chi connectivity index (χ3v) is 3.59. The number of nitrogens with one attached hydrogen (secondary N) is 1. The maximum Gasteiger partial charge on any atom is 0.271 e. The summed E-state index contributed by atoms with van der Waals surface area (Å²) in [7, 11) is 0. The summed E-state index contributed by atoms with van der Waals surface area (Å²) < 4.78 is 0. The SMILES string of the molecule is CC(C)(C)c1ccc(/C=N/NC(=O)c2ccc(C(N)=O)cc2)cc1. The maximum atomic E-state index is 12.0. The average molecular weight is 323 g/mol. The monoisotopic (exact) mass is 323 g/mol. The van der Waals surface area contributed by atoms with Crippen LogP contribution in [0.4, 0.5) is 0 Å². The Labute approximate surface area is 141 Å². The van der Waals surface area contributed by atoms with Gasteiger partial charge in [0.1, 0.15) is 0 Å². The fourth-order valence-corrected chi connectivity index (χ4v) is 2.09. The van der Waals surface area contributed by atoms with Crippen LogP contribution in [0.25, 0.3) is 0 Å². The molecule has 2 aromatic rings. The van der Waals surface area contributed by atoms with Crippen molar-refractivity contribution in [3.8, 4) is 0 Å². The van der Waals surface area contributed by atoms with Crippen molar-refractivity contribution in [1.82, 2.24) is 5.43 Å². The molecule has 0 atom stereocenters. The lowest BCUT2D eigenvalue weighted by atomic mass is 9.87. The Morgan fingerprint density at radius 3 is 2.00 bits per heavy atom.